The minimum atomic E-state index is -0.994. The summed E-state index contributed by atoms with van der Waals surface area (Å²) < 4.78 is 17.6. The molecule has 4 rings (SSSR count). The van der Waals surface area contributed by atoms with E-state index in [2.05, 4.69) is 6.58 Å². The summed E-state index contributed by atoms with van der Waals surface area (Å²) in [5.74, 6) is -2.11. The molecule has 0 aromatic heterocycles. The number of hydrogen-bond donors (Lipinski definition) is 2. The summed E-state index contributed by atoms with van der Waals surface area (Å²) in [7, 11) is 1.55. The number of carboxylic acids is 2. The Morgan fingerprint density at radius 3 is 1.63 bits per heavy atom. The molecule has 0 radical (unpaired) electrons. The predicted octanol–water partition coefficient (Wildman–Crippen LogP) is 4.09. The van der Waals surface area contributed by atoms with Gasteiger partial charge in [0.25, 0.3) is 0 Å². The number of fused-ring (bicyclic) bond motifs is 2. The maximum absolute atomic E-state index is 12.6. The third kappa shape index (κ3) is 7.46. The number of carboxylic acid groups (broad SMARTS) is 2. The van der Waals surface area contributed by atoms with Crippen molar-refractivity contribution in [3.05, 3.63) is 58.7 Å². The van der Waals surface area contributed by atoms with E-state index >= 15 is 0 Å². The summed E-state index contributed by atoms with van der Waals surface area (Å²) in [6.45, 7) is 9.26. The Hall–Kier alpha value is -4.54. The first-order chi connectivity index (χ1) is 20.5. The summed E-state index contributed by atoms with van der Waals surface area (Å²) in [6, 6.07) is 7.58. The summed E-state index contributed by atoms with van der Waals surface area (Å²) in [5, 5.41) is 18.2. The second kappa shape index (κ2) is 13.6. The highest BCUT2D eigenvalue weighted by atomic mass is 16.5. The normalized spacial score (nSPS) is 14.9. The van der Waals surface area contributed by atoms with Crippen molar-refractivity contribution < 1.29 is 43.6 Å². The Bertz CT molecular complexity index is 1420. The van der Waals surface area contributed by atoms with Crippen LogP contribution in [0.3, 0.4) is 0 Å². The van der Waals surface area contributed by atoms with E-state index < -0.39 is 23.8 Å². The fraction of sp³-hybridized carbons (Fsp3) is 0.438. The summed E-state index contributed by atoms with van der Waals surface area (Å²) in [5.41, 5.74) is 4.63. The van der Waals surface area contributed by atoms with Crippen LogP contribution in [0.1, 0.15) is 60.9 Å². The minimum Gasteiger partial charge on any atom is -0.493 e. The third-order valence-corrected chi connectivity index (χ3v) is 7.80. The van der Waals surface area contributed by atoms with Crippen LogP contribution >= 0.6 is 0 Å². The monoisotopic (exact) mass is 594 g/mol. The van der Waals surface area contributed by atoms with Gasteiger partial charge in [-0.3, -0.25) is 19.2 Å². The molecular weight excluding hydrogens is 556 g/mol. The lowest BCUT2D eigenvalue weighted by Gasteiger charge is -2.16. The Balaban J connectivity index is 1.30. The van der Waals surface area contributed by atoms with Crippen LogP contribution in [-0.4, -0.2) is 64.1 Å². The molecule has 11 nitrogen and oxygen atoms in total. The largest absolute Gasteiger partial charge is 0.493 e. The van der Waals surface area contributed by atoms with Gasteiger partial charge in [0.05, 0.1) is 32.2 Å². The van der Waals surface area contributed by atoms with Crippen LogP contribution < -0.4 is 14.2 Å². The Morgan fingerprint density at radius 2 is 1.19 bits per heavy atom. The molecule has 0 saturated carbocycles. The molecule has 2 aromatic carbocycles. The number of ether oxygens (including phenoxy) is 3. The van der Waals surface area contributed by atoms with Crippen molar-refractivity contribution in [3.63, 3.8) is 0 Å². The zero-order valence-electron chi connectivity index (χ0n) is 24.8. The van der Waals surface area contributed by atoms with Gasteiger partial charge in [-0.1, -0.05) is 26.5 Å². The maximum atomic E-state index is 12.6. The molecule has 2 amide bonds. The van der Waals surface area contributed by atoms with E-state index in [0.717, 1.165) is 27.8 Å². The maximum Gasteiger partial charge on any atom is 0.306 e. The predicted molar refractivity (Wildman–Crippen MR) is 156 cm³/mol. The molecule has 2 aliphatic rings. The molecular formula is C32H38N2O9. The van der Waals surface area contributed by atoms with Crippen molar-refractivity contribution in [3.8, 4) is 17.2 Å². The molecule has 2 atom stereocenters. The number of hydrogen-bond acceptors (Lipinski definition) is 7. The number of benzene rings is 2. The van der Waals surface area contributed by atoms with Crippen molar-refractivity contribution in [1.29, 1.82) is 0 Å². The van der Waals surface area contributed by atoms with Crippen molar-refractivity contribution in [2.75, 3.05) is 20.3 Å². The average Bonchev–Trinajstić information content (AvgIpc) is 3.59. The fourth-order valence-electron chi connectivity index (χ4n) is 5.14. The Kier molecular flexibility index (Phi) is 9.95. The molecule has 0 unspecified atom stereocenters. The zero-order chi connectivity index (χ0) is 31.3. The highest BCUT2D eigenvalue weighted by Gasteiger charge is 2.29. The van der Waals surface area contributed by atoms with Crippen LogP contribution in [0, 0.1) is 11.8 Å². The van der Waals surface area contributed by atoms with Crippen LogP contribution in [0.25, 0.3) is 6.08 Å². The van der Waals surface area contributed by atoms with E-state index in [9.17, 15) is 19.2 Å². The Labute approximate surface area is 250 Å². The molecule has 2 N–H and O–H groups in total. The fourth-order valence-corrected chi connectivity index (χ4v) is 5.14. The van der Waals surface area contributed by atoms with E-state index in [1.165, 1.54) is 13.8 Å². The number of methoxy groups -OCH3 is 1. The molecule has 2 aliphatic heterocycles. The van der Waals surface area contributed by atoms with Crippen LogP contribution in [-0.2, 0) is 45.4 Å². The van der Waals surface area contributed by atoms with E-state index in [0.29, 0.717) is 63.1 Å². The van der Waals surface area contributed by atoms with Crippen molar-refractivity contribution in [2.24, 2.45) is 11.8 Å². The van der Waals surface area contributed by atoms with Gasteiger partial charge < -0.3 is 34.2 Å². The molecule has 0 fully saturated rings. The summed E-state index contributed by atoms with van der Waals surface area (Å²) in [4.78, 5) is 50.8. The van der Waals surface area contributed by atoms with Gasteiger partial charge in [-0.2, -0.15) is 0 Å². The lowest BCUT2D eigenvalue weighted by atomic mass is 10.1. The van der Waals surface area contributed by atoms with Gasteiger partial charge in [0.15, 0.2) is 11.5 Å². The molecule has 2 aromatic rings. The van der Waals surface area contributed by atoms with Crippen molar-refractivity contribution in [2.45, 2.75) is 59.3 Å². The van der Waals surface area contributed by atoms with Gasteiger partial charge in [0.1, 0.15) is 5.75 Å². The van der Waals surface area contributed by atoms with E-state index in [4.69, 9.17) is 24.4 Å². The molecule has 0 aliphatic carbocycles. The number of carbonyl (C=O) groups excluding carboxylic acids is 2. The number of nitrogens with zero attached hydrogens (tertiary/aromatic N) is 2. The van der Waals surface area contributed by atoms with Gasteiger partial charge >= 0.3 is 11.9 Å². The molecule has 230 valence electrons. The van der Waals surface area contributed by atoms with Gasteiger partial charge in [-0.25, -0.2) is 0 Å². The number of carbonyl (C=O) groups is 4. The van der Waals surface area contributed by atoms with Gasteiger partial charge in [0.2, 0.25) is 11.8 Å². The SMILES string of the molecule is C=Cc1cc2c(cc1OCCCOc1cc3c(cc1OC)CN(C(=O)C[C@H](C)C(=O)O)C3)CN(C(=O)C[C@H](C)C(=O)O)C2. The first-order valence-electron chi connectivity index (χ1n) is 14.2. The number of aliphatic carboxylic acids is 2. The lowest BCUT2D eigenvalue weighted by molar-refractivity contribution is -0.145. The van der Waals surface area contributed by atoms with Crippen molar-refractivity contribution >= 4 is 29.8 Å². The first-order valence-corrected chi connectivity index (χ1v) is 14.2. The first kappa shape index (κ1) is 31.4. The standard InChI is InChI=1S/C32H38N2O9/c1-5-21-11-22-15-33(29(35)9-19(2)31(37)38)16-23(22)12-26(21)42-7-6-8-43-28-14-25-18-34(17-24(25)13-27(28)41-4)30(36)10-20(3)32(39)40/h5,11-14,19-20H,1,6-10,15-18H2,2-4H3,(H,37,38)(H,39,40)/t19-,20-/m0/s1. The highest BCUT2D eigenvalue weighted by Crippen LogP contribution is 2.36. The quantitative estimate of drug-likeness (QED) is 0.309. The highest BCUT2D eigenvalue weighted by molar-refractivity contribution is 5.83. The van der Waals surface area contributed by atoms with Crippen LogP contribution in [0.2, 0.25) is 0 Å². The van der Waals surface area contributed by atoms with Gasteiger partial charge in [-0.15, -0.1) is 0 Å². The van der Waals surface area contributed by atoms with Crippen LogP contribution in [0.15, 0.2) is 30.8 Å². The molecule has 0 spiro atoms. The number of amides is 2. The topological polar surface area (TPSA) is 143 Å². The summed E-state index contributed by atoms with van der Waals surface area (Å²) >= 11 is 0. The molecule has 0 bridgehead atoms. The zero-order valence-corrected chi connectivity index (χ0v) is 24.8. The second-order valence-electron chi connectivity index (χ2n) is 11.1. The van der Waals surface area contributed by atoms with E-state index in [1.807, 2.05) is 24.3 Å². The summed E-state index contributed by atoms with van der Waals surface area (Å²) in [6.07, 6.45) is 2.18. The van der Waals surface area contributed by atoms with Crippen LogP contribution in [0.5, 0.6) is 17.2 Å². The van der Waals surface area contributed by atoms with Gasteiger partial charge in [0, 0.05) is 51.0 Å². The molecule has 43 heavy (non-hydrogen) atoms. The van der Waals surface area contributed by atoms with E-state index in [-0.39, 0.29) is 24.7 Å². The lowest BCUT2D eigenvalue weighted by Crippen LogP contribution is -2.28. The minimum absolute atomic E-state index is 0.0432. The van der Waals surface area contributed by atoms with Crippen molar-refractivity contribution in [1.82, 2.24) is 9.80 Å². The average molecular weight is 595 g/mol. The Morgan fingerprint density at radius 1 is 0.767 bits per heavy atom. The molecule has 11 heteroatoms. The molecule has 2 heterocycles. The van der Waals surface area contributed by atoms with E-state index in [1.54, 1.807) is 23.0 Å². The molecule has 0 saturated heterocycles. The van der Waals surface area contributed by atoms with Crippen LogP contribution in [0.4, 0.5) is 0 Å². The second-order valence-corrected chi connectivity index (χ2v) is 11.1. The number of rotatable bonds is 14. The third-order valence-electron chi connectivity index (χ3n) is 7.80. The smallest absolute Gasteiger partial charge is 0.306 e. The van der Waals surface area contributed by atoms with Gasteiger partial charge in [-0.05, 0) is 46.5 Å².